The van der Waals surface area contributed by atoms with Crippen molar-refractivity contribution < 1.29 is 14.3 Å². The smallest absolute Gasteiger partial charge is 0.343 e. The number of allylic oxidation sites excluding steroid dienone is 1. The van der Waals surface area contributed by atoms with Crippen LogP contribution in [0.4, 0.5) is 0 Å². The first kappa shape index (κ1) is 18.9. The molecule has 0 fully saturated rings. The minimum atomic E-state index is -0.495. The third-order valence-electron chi connectivity index (χ3n) is 5.17. The molecule has 5 rings (SSSR count). The summed E-state index contributed by atoms with van der Waals surface area (Å²) >= 11 is 1.54. The van der Waals surface area contributed by atoms with Crippen molar-refractivity contribution in [2.75, 3.05) is 0 Å². The van der Waals surface area contributed by atoms with Gasteiger partial charge in [-0.3, -0.25) is 0 Å². The van der Waals surface area contributed by atoms with Crippen LogP contribution < -0.4 is 15.2 Å². The summed E-state index contributed by atoms with van der Waals surface area (Å²) in [6, 6.07) is 26.1. The number of hydrogen-bond acceptors (Lipinski definition) is 6. The van der Waals surface area contributed by atoms with Crippen LogP contribution in [0.3, 0.4) is 0 Å². The van der Waals surface area contributed by atoms with Crippen LogP contribution in [0.15, 0.2) is 90.3 Å². The zero-order chi connectivity index (χ0) is 21.4. The highest BCUT2D eigenvalue weighted by molar-refractivity contribution is 7.19. The Hall–Kier alpha value is -4.08. The van der Waals surface area contributed by atoms with Gasteiger partial charge < -0.3 is 15.2 Å². The molecule has 0 aliphatic carbocycles. The van der Waals surface area contributed by atoms with Crippen LogP contribution in [0.1, 0.15) is 26.7 Å². The highest BCUT2D eigenvalue weighted by atomic mass is 32.1. The van der Waals surface area contributed by atoms with E-state index < -0.39 is 11.9 Å². The molecule has 2 N–H and O–H groups in total. The first-order valence-electron chi connectivity index (χ1n) is 9.62. The molecule has 0 spiro atoms. The molecule has 1 aliphatic rings. The number of hydrogen-bond donors (Lipinski definition) is 1. The molecule has 0 bridgehead atoms. The third-order valence-corrected chi connectivity index (χ3v) is 6.38. The van der Waals surface area contributed by atoms with Crippen LogP contribution in [0.5, 0.6) is 11.5 Å². The topological polar surface area (TPSA) is 85.3 Å². The highest BCUT2D eigenvalue weighted by Gasteiger charge is 2.35. The van der Waals surface area contributed by atoms with Crippen molar-refractivity contribution in [3.05, 3.63) is 106 Å². The standard InChI is InChI=1S/C25H16N2O3S/c26-14-18-21(23-22(30-24(18)27)17-11-5-7-13-20(17)31-23)16-10-4-6-12-19(16)29-25(28)15-8-2-1-3-9-15/h1-13,21H,27H2/t21-/m1/s1. The zero-order valence-electron chi connectivity index (χ0n) is 16.2. The van der Waals surface area contributed by atoms with E-state index in [0.29, 0.717) is 28.2 Å². The number of nitrogens with two attached hydrogens (primary N) is 1. The van der Waals surface area contributed by atoms with Gasteiger partial charge in [0.25, 0.3) is 0 Å². The van der Waals surface area contributed by atoms with E-state index in [0.717, 1.165) is 15.0 Å². The number of ether oxygens (including phenoxy) is 2. The zero-order valence-corrected chi connectivity index (χ0v) is 17.1. The normalized spacial score (nSPS) is 15.1. The van der Waals surface area contributed by atoms with Gasteiger partial charge in [-0.2, -0.15) is 5.26 Å². The van der Waals surface area contributed by atoms with E-state index in [1.165, 1.54) is 0 Å². The molecule has 0 saturated heterocycles. The summed E-state index contributed by atoms with van der Waals surface area (Å²) in [6.45, 7) is 0. The summed E-state index contributed by atoms with van der Waals surface area (Å²) < 4.78 is 12.7. The highest BCUT2D eigenvalue weighted by Crippen LogP contribution is 2.51. The monoisotopic (exact) mass is 424 g/mol. The minimum absolute atomic E-state index is 0.0627. The number of rotatable bonds is 3. The van der Waals surface area contributed by atoms with Gasteiger partial charge in [0.2, 0.25) is 5.88 Å². The molecule has 0 unspecified atom stereocenters. The van der Waals surface area contributed by atoms with Gasteiger partial charge in [0, 0.05) is 15.6 Å². The minimum Gasteiger partial charge on any atom is -0.439 e. The Kier molecular flexibility index (Phi) is 4.66. The summed E-state index contributed by atoms with van der Waals surface area (Å²) in [5.74, 6) is 0.129. The van der Waals surface area contributed by atoms with Gasteiger partial charge in [-0.05, 0) is 30.3 Å². The maximum absolute atomic E-state index is 12.7. The summed E-state index contributed by atoms with van der Waals surface area (Å²) in [5, 5.41) is 10.8. The summed E-state index contributed by atoms with van der Waals surface area (Å²) in [4.78, 5) is 13.6. The predicted octanol–water partition coefficient (Wildman–Crippen LogP) is 5.34. The van der Waals surface area contributed by atoms with Gasteiger partial charge >= 0.3 is 5.97 Å². The van der Waals surface area contributed by atoms with E-state index in [9.17, 15) is 10.1 Å². The molecule has 2 heterocycles. The van der Waals surface area contributed by atoms with E-state index >= 15 is 0 Å². The Labute approximate surface area is 182 Å². The van der Waals surface area contributed by atoms with Gasteiger partial charge in [0.15, 0.2) is 5.75 Å². The summed E-state index contributed by atoms with van der Waals surface area (Å²) in [5.41, 5.74) is 7.58. The SMILES string of the molecule is N#CC1=C(N)Oc2c(sc3ccccc23)[C@@H]1c1ccccc1OC(=O)c1ccccc1. The second-order valence-corrected chi connectivity index (χ2v) is 8.09. The third kappa shape index (κ3) is 3.21. The molecule has 4 aromatic rings. The molecule has 150 valence electrons. The average molecular weight is 424 g/mol. The Bertz CT molecular complexity index is 1380. The molecular weight excluding hydrogens is 408 g/mol. The van der Waals surface area contributed by atoms with Gasteiger partial charge in [-0.15, -0.1) is 11.3 Å². The number of thiophene rings is 1. The number of carbonyl (C=O) groups is 1. The number of nitriles is 1. The maximum Gasteiger partial charge on any atom is 0.343 e. The number of nitrogens with zero attached hydrogens (tertiary/aromatic N) is 1. The first-order valence-corrected chi connectivity index (χ1v) is 10.4. The largest absolute Gasteiger partial charge is 0.439 e. The lowest BCUT2D eigenvalue weighted by Gasteiger charge is -2.25. The molecule has 5 nitrogen and oxygen atoms in total. The molecule has 1 atom stereocenters. The fourth-order valence-electron chi connectivity index (χ4n) is 3.74. The molecule has 3 aromatic carbocycles. The van der Waals surface area contributed by atoms with Crippen LogP contribution in [0, 0.1) is 11.3 Å². The Balaban J connectivity index is 1.65. The molecule has 0 amide bonds. The molecule has 6 heteroatoms. The molecule has 1 aliphatic heterocycles. The van der Waals surface area contributed by atoms with E-state index in [-0.39, 0.29) is 5.88 Å². The Morgan fingerprint density at radius 3 is 2.52 bits per heavy atom. The van der Waals surface area contributed by atoms with Crippen molar-refractivity contribution in [2.45, 2.75) is 5.92 Å². The van der Waals surface area contributed by atoms with Crippen LogP contribution >= 0.6 is 11.3 Å². The second kappa shape index (κ2) is 7.63. The second-order valence-electron chi connectivity index (χ2n) is 7.01. The molecular formula is C25H16N2O3S. The van der Waals surface area contributed by atoms with Crippen molar-refractivity contribution >= 4 is 27.4 Å². The number of esters is 1. The van der Waals surface area contributed by atoms with Gasteiger partial charge in [-0.25, -0.2) is 4.79 Å². The van der Waals surface area contributed by atoms with Gasteiger partial charge in [0.1, 0.15) is 17.4 Å². The van der Waals surface area contributed by atoms with Crippen molar-refractivity contribution in [3.63, 3.8) is 0 Å². The van der Waals surface area contributed by atoms with E-state index in [2.05, 4.69) is 6.07 Å². The molecule has 0 saturated carbocycles. The van der Waals surface area contributed by atoms with E-state index in [4.69, 9.17) is 15.2 Å². The van der Waals surface area contributed by atoms with Crippen LogP contribution in [-0.4, -0.2) is 5.97 Å². The van der Waals surface area contributed by atoms with Gasteiger partial charge in [-0.1, -0.05) is 48.5 Å². The predicted molar refractivity (Wildman–Crippen MR) is 119 cm³/mol. The number of carbonyl (C=O) groups excluding carboxylic acids is 1. The molecule has 0 radical (unpaired) electrons. The average Bonchev–Trinajstić information content (AvgIpc) is 3.17. The summed E-state index contributed by atoms with van der Waals surface area (Å²) in [6.07, 6.45) is 0. The Morgan fingerprint density at radius 1 is 1.00 bits per heavy atom. The van der Waals surface area contributed by atoms with Crippen molar-refractivity contribution in [2.24, 2.45) is 5.73 Å². The van der Waals surface area contributed by atoms with Crippen molar-refractivity contribution in [1.82, 2.24) is 0 Å². The number of para-hydroxylation sites is 1. The number of fused-ring (bicyclic) bond motifs is 3. The fraction of sp³-hybridized carbons (Fsp3) is 0.0400. The molecule has 31 heavy (non-hydrogen) atoms. The van der Waals surface area contributed by atoms with Crippen LogP contribution in [0.25, 0.3) is 10.1 Å². The van der Waals surface area contributed by atoms with Crippen molar-refractivity contribution in [1.29, 1.82) is 5.26 Å². The Morgan fingerprint density at radius 2 is 1.71 bits per heavy atom. The van der Waals surface area contributed by atoms with Crippen LogP contribution in [-0.2, 0) is 0 Å². The van der Waals surface area contributed by atoms with Crippen molar-refractivity contribution in [3.8, 4) is 17.6 Å². The first-order chi connectivity index (χ1) is 15.2. The number of benzene rings is 3. The quantitative estimate of drug-likeness (QED) is 0.354. The lowest BCUT2D eigenvalue weighted by atomic mass is 9.87. The van der Waals surface area contributed by atoms with E-state index in [1.807, 2.05) is 42.5 Å². The fourth-order valence-corrected chi connectivity index (χ4v) is 5.00. The maximum atomic E-state index is 12.7. The van der Waals surface area contributed by atoms with E-state index in [1.54, 1.807) is 47.7 Å². The lowest BCUT2D eigenvalue weighted by Crippen LogP contribution is -2.20. The lowest BCUT2D eigenvalue weighted by molar-refractivity contribution is 0.0733. The summed E-state index contributed by atoms with van der Waals surface area (Å²) in [7, 11) is 0. The van der Waals surface area contributed by atoms with Crippen LogP contribution in [0.2, 0.25) is 0 Å². The molecule has 1 aromatic heterocycles. The van der Waals surface area contributed by atoms with Gasteiger partial charge in [0.05, 0.1) is 16.4 Å².